The average Bonchev–Trinajstić information content (AvgIpc) is 1.58. The Morgan fingerprint density at radius 3 is 1.20 bits per heavy atom. The molecule has 0 spiro atoms. The van der Waals surface area contributed by atoms with Gasteiger partial charge in [-0.3, -0.25) is 0 Å². The predicted octanol–water partition coefficient (Wildman–Crippen LogP) is -3.50. The minimum absolute atomic E-state index is 3.10. The van der Waals surface area contributed by atoms with Crippen molar-refractivity contribution in [1.82, 2.24) is 0 Å². The summed E-state index contributed by atoms with van der Waals surface area (Å²) in [6.07, 6.45) is 0. The van der Waals surface area contributed by atoms with Crippen LogP contribution in [0.1, 0.15) is 0 Å². The molecule has 62 valence electrons. The molecule has 0 radical (unpaired) electrons. The van der Waals surface area contributed by atoms with Gasteiger partial charge in [0.1, 0.15) is 0 Å². The van der Waals surface area contributed by atoms with Gasteiger partial charge < -0.3 is 33.1 Å². The van der Waals surface area contributed by atoms with Gasteiger partial charge in [-0.15, -0.1) is 0 Å². The van der Waals surface area contributed by atoms with Crippen LogP contribution in [0.25, 0.3) is 0 Å². The fourth-order valence-electron chi connectivity index (χ4n) is 0.124. The molecular weight excluding hydrogens is 205 g/mol. The lowest BCUT2D eigenvalue weighted by Crippen LogP contribution is -2.15. The third-order valence-electron chi connectivity index (χ3n) is 0.267. The normalized spacial score (nSPS) is 12.0. The van der Waals surface area contributed by atoms with Crippen LogP contribution in [0.15, 0.2) is 0 Å². The van der Waals surface area contributed by atoms with Crippen molar-refractivity contribution < 1.29 is 33.1 Å². The molecule has 0 atom stereocenters. The van der Waals surface area contributed by atoms with Crippen molar-refractivity contribution in [1.29, 1.82) is 0 Å². The Hall–Kier alpha value is 1.01. The van der Waals surface area contributed by atoms with Crippen LogP contribution in [0, 0.1) is 0 Å². The first-order valence-corrected chi connectivity index (χ1v) is 4.93. The second kappa shape index (κ2) is 5.63. The van der Waals surface area contributed by atoms with Crippen molar-refractivity contribution in [3.8, 4) is 0 Å². The summed E-state index contributed by atoms with van der Waals surface area (Å²) in [6, 6.07) is 0. The Morgan fingerprint density at radius 2 is 1.00 bits per heavy atom. The van der Waals surface area contributed by atoms with E-state index < -0.39 is 25.8 Å². The number of hydrogen-bond donors (Lipinski definition) is 0. The molecular formula is O7P3-5. The molecule has 10 heavy (non-hydrogen) atoms. The van der Waals surface area contributed by atoms with Crippen LogP contribution in [-0.4, -0.2) is 0 Å². The topological polar surface area (TPSA) is 134 Å². The van der Waals surface area contributed by atoms with Gasteiger partial charge in [0.05, 0.1) is 8.60 Å². The smallest absolute Gasteiger partial charge is 0.0849 e. The van der Waals surface area contributed by atoms with E-state index in [1.165, 1.54) is 0 Å². The van der Waals surface area contributed by atoms with Crippen molar-refractivity contribution in [2.24, 2.45) is 0 Å². The molecule has 0 bridgehead atoms. The highest BCUT2D eigenvalue weighted by Gasteiger charge is 1.87. The van der Waals surface area contributed by atoms with Crippen molar-refractivity contribution in [3.63, 3.8) is 0 Å². The first-order chi connectivity index (χ1) is 4.52. The van der Waals surface area contributed by atoms with Gasteiger partial charge >= 0.3 is 0 Å². The molecule has 10 heteroatoms. The second-order valence-corrected chi connectivity index (χ2v) is 3.48. The van der Waals surface area contributed by atoms with Gasteiger partial charge in [0.15, 0.2) is 0 Å². The van der Waals surface area contributed by atoms with E-state index >= 15 is 0 Å². The zero-order valence-electron chi connectivity index (χ0n) is 4.20. The second-order valence-electron chi connectivity index (χ2n) is 0.834. The van der Waals surface area contributed by atoms with Gasteiger partial charge in [-0.1, -0.05) is 0 Å². The fraction of sp³-hybridized carbons (Fsp3) is 0. The van der Waals surface area contributed by atoms with Crippen LogP contribution in [-0.2, 0) is 8.62 Å². The van der Waals surface area contributed by atoms with E-state index in [-0.39, 0.29) is 0 Å². The Labute approximate surface area is 59.9 Å². The highest BCUT2D eigenvalue weighted by Crippen LogP contribution is 2.44. The van der Waals surface area contributed by atoms with E-state index in [1.54, 1.807) is 0 Å². The Kier molecular flexibility index (Phi) is 6.20. The Balaban J connectivity index is 3.34. The quantitative estimate of drug-likeness (QED) is 0.434. The molecule has 0 aliphatic heterocycles. The lowest BCUT2D eigenvalue weighted by molar-refractivity contribution is -0.320. The number of rotatable bonds is 4. The number of hydrogen-bond acceptors (Lipinski definition) is 7. The average molecular weight is 205 g/mol. The molecule has 0 rings (SSSR count). The van der Waals surface area contributed by atoms with Gasteiger partial charge in [-0.05, 0) is 0 Å². The highest BCUT2D eigenvalue weighted by molar-refractivity contribution is 7.57. The van der Waals surface area contributed by atoms with Crippen LogP contribution in [0.3, 0.4) is 0 Å². The van der Waals surface area contributed by atoms with E-state index in [1.807, 2.05) is 0 Å². The van der Waals surface area contributed by atoms with Crippen LogP contribution in [0.5, 0.6) is 0 Å². The van der Waals surface area contributed by atoms with Crippen LogP contribution < -0.4 is 24.5 Å². The summed E-state index contributed by atoms with van der Waals surface area (Å²) in [5, 5.41) is 0. The fourth-order valence-corrected chi connectivity index (χ4v) is 1.38. The van der Waals surface area contributed by atoms with E-state index in [0.29, 0.717) is 0 Å². The summed E-state index contributed by atoms with van der Waals surface area (Å²) in [5.74, 6) is 0. The van der Waals surface area contributed by atoms with Crippen molar-refractivity contribution in [2.75, 3.05) is 0 Å². The molecule has 0 unspecified atom stereocenters. The summed E-state index contributed by atoms with van der Waals surface area (Å²) in [7, 11) is -9.80. The van der Waals surface area contributed by atoms with Crippen molar-refractivity contribution in [3.05, 3.63) is 0 Å². The van der Waals surface area contributed by atoms with E-state index in [0.717, 1.165) is 0 Å². The van der Waals surface area contributed by atoms with E-state index in [2.05, 4.69) is 8.62 Å². The predicted molar refractivity (Wildman–Crippen MR) is 22.9 cm³/mol. The maximum absolute atomic E-state index is 10.0. The zero-order chi connectivity index (χ0) is 8.15. The van der Waals surface area contributed by atoms with Gasteiger partial charge in [-0.25, -0.2) is 0 Å². The lowest BCUT2D eigenvalue weighted by Gasteiger charge is -2.41. The third kappa shape index (κ3) is 7.12. The van der Waals surface area contributed by atoms with Gasteiger partial charge in [0.25, 0.3) is 0 Å². The first kappa shape index (κ1) is 11.0. The highest BCUT2D eigenvalue weighted by atomic mass is 31.3. The summed E-state index contributed by atoms with van der Waals surface area (Å²) < 4.78 is 6.84. The third-order valence-corrected chi connectivity index (χ3v) is 2.40. The van der Waals surface area contributed by atoms with Gasteiger partial charge in [0, 0.05) is 0 Å². The maximum atomic E-state index is 10.0. The standard InChI is InChI=1S/O7P3/c1-8(2)6-10(5)7-9(3)4/q-5. The van der Waals surface area contributed by atoms with E-state index in [9.17, 15) is 24.5 Å². The van der Waals surface area contributed by atoms with Gasteiger partial charge in [-0.2, -0.15) is 17.2 Å². The zero-order valence-corrected chi connectivity index (χ0v) is 6.88. The summed E-state index contributed by atoms with van der Waals surface area (Å²) in [4.78, 5) is 48.2. The Morgan fingerprint density at radius 1 is 0.700 bits per heavy atom. The molecule has 0 aromatic rings. The molecule has 0 aromatic heterocycles. The molecule has 0 saturated heterocycles. The van der Waals surface area contributed by atoms with Crippen LogP contribution >= 0.6 is 25.8 Å². The van der Waals surface area contributed by atoms with E-state index in [4.69, 9.17) is 0 Å². The molecule has 0 aliphatic rings. The summed E-state index contributed by atoms with van der Waals surface area (Å²) >= 11 is 0. The SMILES string of the molecule is [O-]P([O-])OP([O-])OP([O-])[O-]. The Bertz CT molecular complexity index is 70.9. The lowest BCUT2D eigenvalue weighted by atomic mass is 15.7. The monoisotopic (exact) mass is 205 g/mol. The minimum Gasteiger partial charge on any atom is -0.820 e. The summed E-state index contributed by atoms with van der Waals surface area (Å²) in [5.41, 5.74) is 0. The molecule has 0 N–H and O–H groups in total. The minimum atomic E-state index is -3.35. The largest absolute Gasteiger partial charge is 0.820 e. The molecule has 0 amide bonds. The molecule has 0 aromatic carbocycles. The molecule has 0 heterocycles. The summed E-state index contributed by atoms with van der Waals surface area (Å²) in [6.45, 7) is 0. The molecule has 7 nitrogen and oxygen atoms in total. The van der Waals surface area contributed by atoms with Crippen LogP contribution in [0.2, 0.25) is 0 Å². The molecule has 0 saturated carbocycles. The molecule has 0 aliphatic carbocycles. The molecule has 0 fully saturated rings. The van der Waals surface area contributed by atoms with Crippen molar-refractivity contribution >= 4 is 25.8 Å². The first-order valence-electron chi connectivity index (χ1n) is 1.64. The van der Waals surface area contributed by atoms with Gasteiger partial charge in [0.2, 0.25) is 0 Å². The van der Waals surface area contributed by atoms with Crippen LogP contribution in [0.4, 0.5) is 0 Å². The maximum Gasteiger partial charge on any atom is 0.0849 e. The van der Waals surface area contributed by atoms with Crippen molar-refractivity contribution in [2.45, 2.75) is 0 Å².